The Labute approximate surface area is 152 Å². The Morgan fingerprint density at radius 2 is 1.83 bits per heavy atom. The average molecular weight is 354 g/mol. The third-order valence-corrected chi connectivity index (χ3v) is 4.80. The second kappa shape index (κ2) is 10.0. The molecule has 1 fully saturated rings. The summed E-state index contributed by atoms with van der Waals surface area (Å²) in [5.74, 6) is 0.113. The molecule has 24 heavy (non-hydrogen) atoms. The van der Waals surface area contributed by atoms with Gasteiger partial charge in [0.15, 0.2) is 0 Å². The van der Waals surface area contributed by atoms with E-state index in [1.54, 1.807) is 0 Å². The maximum absolute atomic E-state index is 12.5. The van der Waals surface area contributed by atoms with Crippen LogP contribution in [0, 0.1) is 0 Å². The first-order valence-corrected chi connectivity index (χ1v) is 8.85. The van der Waals surface area contributed by atoms with Crippen molar-refractivity contribution in [3.63, 3.8) is 0 Å². The number of carbonyl (C=O) groups excluding carboxylic acids is 1. The summed E-state index contributed by atoms with van der Waals surface area (Å²) < 4.78 is 0. The SMILES string of the molecule is CCc1ccc(C(C)(C)C(=O)NCCCN2CCNCC2)cc1.Cl. The number of carbonyl (C=O) groups is 1. The molecule has 0 saturated carbocycles. The van der Waals surface area contributed by atoms with Crippen LogP contribution in [0.1, 0.15) is 38.3 Å². The zero-order valence-electron chi connectivity index (χ0n) is 15.2. The molecule has 1 aliphatic rings. The van der Waals surface area contributed by atoms with Crippen molar-refractivity contribution in [1.82, 2.24) is 15.5 Å². The second-order valence-electron chi connectivity index (χ2n) is 6.88. The molecule has 0 bridgehead atoms. The van der Waals surface area contributed by atoms with Crippen molar-refractivity contribution in [2.24, 2.45) is 0 Å². The van der Waals surface area contributed by atoms with E-state index in [4.69, 9.17) is 0 Å². The van der Waals surface area contributed by atoms with E-state index in [1.807, 2.05) is 13.8 Å². The molecule has 1 heterocycles. The Morgan fingerprint density at radius 3 is 2.42 bits per heavy atom. The van der Waals surface area contributed by atoms with E-state index in [2.05, 4.69) is 46.7 Å². The van der Waals surface area contributed by atoms with E-state index >= 15 is 0 Å². The molecule has 1 aliphatic heterocycles. The van der Waals surface area contributed by atoms with Gasteiger partial charge in [-0.1, -0.05) is 31.2 Å². The standard InChI is InChI=1S/C19H31N3O.ClH/c1-4-16-6-8-17(9-7-16)19(2,3)18(23)21-10-5-13-22-14-11-20-12-15-22;/h6-9,20H,4-5,10-15H2,1-3H3,(H,21,23);1H. The summed E-state index contributed by atoms with van der Waals surface area (Å²) in [6.45, 7) is 12.3. The lowest BCUT2D eigenvalue weighted by atomic mass is 9.83. The van der Waals surface area contributed by atoms with Gasteiger partial charge < -0.3 is 15.5 Å². The minimum Gasteiger partial charge on any atom is -0.355 e. The molecule has 0 aliphatic carbocycles. The van der Waals surface area contributed by atoms with Gasteiger partial charge in [0.2, 0.25) is 5.91 Å². The minimum absolute atomic E-state index is 0. The molecule has 2 N–H and O–H groups in total. The summed E-state index contributed by atoms with van der Waals surface area (Å²) >= 11 is 0. The first kappa shape index (κ1) is 20.9. The molecular formula is C19H32ClN3O. The molecule has 2 rings (SSSR count). The largest absolute Gasteiger partial charge is 0.355 e. The zero-order valence-corrected chi connectivity index (χ0v) is 16.0. The fraction of sp³-hybridized carbons (Fsp3) is 0.632. The summed E-state index contributed by atoms with van der Waals surface area (Å²) in [5, 5.41) is 6.47. The number of benzene rings is 1. The minimum atomic E-state index is -0.485. The van der Waals surface area contributed by atoms with Crippen LogP contribution in [0.15, 0.2) is 24.3 Å². The van der Waals surface area contributed by atoms with Crippen molar-refractivity contribution in [3.8, 4) is 0 Å². The van der Waals surface area contributed by atoms with Crippen LogP contribution < -0.4 is 10.6 Å². The van der Waals surface area contributed by atoms with Crippen LogP contribution in [0.2, 0.25) is 0 Å². The van der Waals surface area contributed by atoms with E-state index in [0.29, 0.717) is 0 Å². The molecule has 1 aromatic carbocycles. The van der Waals surface area contributed by atoms with E-state index < -0.39 is 5.41 Å². The summed E-state index contributed by atoms with van der Waals surface area (Å²) in [6, 6.07) is 8.40. The van der Waals surface area contributed by atoms with E-state index in [1.165, 1.54) is 5.56 Å². The highest BCUT2D eigenvalue weighted by molar-refractivity contribution is 5.87. The first-order valence-electron chi connectivity index (χ1n) is 8.85. The third kappa shape index (κ3) is 5.76. The van der Waals surface area contributed by atoms with Gasteiger partial charge in [-0.3, -0.25) is 4.79 Å². The van der Waals surface area contributed by atoms with Gasteiger partial charge in [-0.05, 0) is 44.4 Å². The predicted octanol–water partition coefficient (Wildman–Crippen LogP) is 2.36. The topological polar surface area (TPSA) is 44.4 Å². The fourth-order valence-electron chi connectivity index (χ4n) is 2.95. The quantitative estimate of drug-likeness (QED) is 0.740. The van der Waals surface area contributed by atoms with Crippen LogP contribution in [0.4, 0.5) is 0 Å². The van der Waals surface area contributed by atoms with Crippen LogP contribution in [-0.4, -0.2) is 50.1 Å². The Kier molecular flexibility index (Phi) is 8.74. The average Bonchev–Trinajstić information content (AvgIpc) is 2.59. The van der Waals surface area contributed by atoms with E-state index in [-0.39, 0.29) is 18.3 Å². The first-order chi connectivity index (χ1) is 11.0. The van der Waals surface area contributed by atoms with Crippen molar-refractivity contribution in [2.75, 3.05) is 39.3 Å². The normalized spacial score (nSPS) is 15.6. The summed E-state index contributed by atoms with van der Waals surface area (Å²) in [6.07, 6.45) is 2.04. The summed E-state index contributed by atoms with van der Waals surface area (Å²) in [7, 11) is 0. The fourth-order valence-corrected chi connectivity index (χ4v) is 2.95. The number of aryl methyl sites for hydroxylation is 1. The van der Waals surface area contributed by atoms with Gasteiger partial charge in [0.25, 0.3) is 0 Å². The summed E-state index contributed by atoms with van der Waals surface area (Å²) in [5.41, 5.74) is 1.90. The molecular weight excluding hydrogens is 322 g/mol. The highest BCUT2D eigenvalue weighted by Crippen LogP contribution is 2.23. The number of amides is 1. The van der Waals surface area contributed by atoms with Gasteiger partial charge in [-0.2, -0.15) is 0 Å². The lowest BCUT2D eigenvalue weighted by molar-refractivity contribution is -0.125. The molecule has 1 saturated heterocycles. The Hall–Kier alpha value is -1.10. The van der Waals surface area contributed by atoms with Crippen molar-refractivity contribution in [1.29, 1.82) is 0 Å². The second-order valence-corrected chi connectivity index (χ2v) is 6.88. The highest BCUT2D eigenvalue weighted by atomic mass is 35.5. The number of piperazine rings is 1. The van der Waals surface area contributed by atoms with Gasteiger partial charge >= 0.3 is 0 Å². The zero-order chi connectivity index (χ0) is 16.7. The monoisotopic (exact) mass is 353 g/mol. The maximum atomic E-state index is 12.5. The lowest BCUT2D eigenvalue weighted by Gasteiger charge is -2.28. The smallest absolute Gasteiger partial charge is 0.230 e. The van der Waals surface area contributed by atoms with Gasteiger partial charge in [0, 0.05) is 32.7 Å². The van der Waals surface area contributed by atoms with Gasteiger partial charge in [0.05, 0.1) is 5.41 Å². The van der Waals surface area contributed by atoms with Crippen molar-refractivity contribution in [3.05, 3.63) is 35.4 Å². The summed E-state index contributed by atoms with van der Waals surface area (Å²) in [4.78, 5) is 15.0. The van der Waals surface area contributed by atoms with Gasteiger partial charge in [-0.25, -0.2) is 0 Å². The van der Waals surface area contributed by atoms with Crippen LogP contribution in [-0.2, 0) is 16.6 Å². The predicted molar refractivity (Wildman–Crippen MR) is 103 cm³/mol. The number of hydrogen-bond acceptors (Lipinski definition) is 3. The molecule has 4 nitrogen and oxygen atoms in total. The number of nitrogens with zero attached hydrogens (tertiary/aromatic N) is 1. The number of nitrogens with one attached hydrogen (secondary N) is 2. The van der Waals surface area contributed by atoms with Gasteiger partial charge in [0.1, 0.15) is 0 Å². The molecule has 0 spiro atoms. The molecule has 136 valence electrons. The highest BCUT2D eigenvalue weighted by Gasteiger charge is 2.29. The van der Waals surface area contributed by atoms with Crippen molar-refractivity contribution < 1.29 is 4.79 Å². The Balaban J connectivity index is 0.00000288. The molecule has 0 radical (unpaired) electrons. The Bertz CT molecular complexity index is 496. The molecule has 0 atom stereocenters. The molecule has 1 aromatic rings. The molecule has 0 aromatic heterocycles. The number of rotatable bonds is 7. The maximum Gasteiger partial charge on any atom is 0.230 e. The van der Waals surface area contributed by atoms with Crippen LogP contribution in [0.5, 0.6) is 0 Å². The van der Waals surface area contributed by atoms with Crippen LogP contribution >= 0.6 is 12.4 Å². The van der Waals surface area contributed by atoms with Crippen LogP contribution in [0.3, 0.4) is 0 Å². The van der Waals surface area contributed by atoms with E-state index in [0.717, 1.165) is 57.7 Å². The third-order valence-electron chi connectivity index (χ3n) is 4.80. The number of halogens is 1. The van der Waals surface area contributed by atoms with Crippen molar-refractivity contribution in [2.45, 2.75) is 39.0 Å². The molecule has 5 heteroatoms. The molecule has 0 unspecified atom stereocenters. The molecule has 1 amide bonds. The van der Waals surface area contributed by atoms with Crippen LogP contribution in [0.25, 0.3) is 0 Å². The lowest BCUT2D eigenvalue weighted by Crippen LogP contribution is -2.45. The van der Waals surface area contributed by atoms with E-state index in [9.17, 15) is 4.79 Å². The van der Waals surface area contributed by atoms with Gasteiger partial charge in [-0.15, -0.1) is 12.4 Å². The van der Waals surface area contributed by atoms with Crippen molar-refractivity contribution >= 4 is 18.3 Å². The Morgan fingerprint density at radius 1 is 1.21 bits per heavy atom. The number of hydrogen-bond donors (Lipinski definition) is 2.